The fraction of sp³-hybridized carbons (Fsp3) is 0.500. The molecule has 0 saturated carbocycles. The van der Waals surface area contributed by atoms with Gasteiger partial charge in [0.2, 0.25) is 6.36 Å². The second-order valence-corrected chi connectivity index (χ2v) is 2.35. The zero-order chi connectivity index (χ0) is 8.81. The molecule has 1 unspecified atom stereocenters. The molecule has 1 rings (SSSR count). The van der Waals surface area contributed by atoms with Gasteiger partial charge in [0.1, 0.15) is 0 Å². The summed E-state index contributed by atoms with van der Waals surface area (Å²) >= 11 is 0. The molecule has 0 amide bonds. The second kappa shape index (κ2) is 4.64. The van der Waals surface area contributed by atoms with Crippen LogP contribution < -0.4 is 4.74 Å². The largest absolute Gasteiger partial charge is 0.429 e. The van der Waals surface area contributed by atoms with Crippen LogP contribution in [0.1, 0.15) is 19.8 Å². The van der Waals surface area contributed by atoms with Crippen LogP contribution in [0.15, 0.2) is 18.5 Å². The Morgan fingerprint density at radius 1 is 1.50 bits per heavy atom. The van der Waals surface area contributed by atoms with Gasteiger partial charge >= 0.3 is 6.01 Å². The van der Waals surface area contributed by atoms with E-state index in [-0.39, 0.29) is 6.01 Å². The van der Waals surface area contributed by atoms with Crippen molar-refractivity contribution < 1.29 is 9.13 Å². The normalized spacial score (nSPS) is 12.5. The van der Waals surface area contributed by atoms with Gasteiger partial charge in [0.25, 0.3) is 0 Å². The average Bonchev–Trinajstić information content (AvgIpc) is 2.06. The van der Waals surface area contributed by atoms with E-state index < -0.39 is 6.36 Å². The minimum absolute atomic E-state index is 0.0958. The number of hydrogen-bond acceptors (Lipinski definition) is 3. The maximum Gasteiger partial charge on any atom is 0.318 e. The number of rotatable bonds is 4. The predicted octanol–water partition coefficient (Wildman–Crippen LogP) is 1.95. The van der Waals surface area contributed by atoms with Gasteiger partial charge in [-0.3, -0.25) is 0 Å². The number of aromatic nitrogens is 2. The Morgan fingerprint density at radius 2 is 2.17 bits per heavy atom. The third kappa shape index (κ3) is 2.82. The van der Waals surface area contributed by atoms with E-state index in [0.717, 1.165) is 6.42 Å². The van der Waals surface area contributed by atoms with Crippen LogP contribution in [0.25, 0.3) is 0 Å². The van der Waals surface area contributed by atoms with E-state index in [4.69, 9.17) is 4.74 Å². The van der Waals surface area contributed by atoms with Crippen molar-refractivity contribution in [3.8, 4) is 6.01 Å². The lowest BCUT2D eigenvalue weighted by atomic mass is 10.3. The topological polar surface area (TPSA) is 35.0 Å². The first-order chi connectivity index (χ1) is 5.83. The third-order valence-electron chi connectivity index (χ3n) is 1.29. The lowest BCUT2D eigenvalue weighted by molar-refractivity contribution is 0.0494. The van der Waals surface area contributed by atoms with Crippen molar-refractivity contribution in [1.29, 1.82) is 0 Å². The van der Waals surface area contributed by atoms with Gasteiger partial charge in [0, 0.05) is 18.8 Å². The standard InChI is InChI=1S/C8H11FN2O/c1-2-4-7(9)12-8-10-5-3-6-11-8/h3,5-7H,2,4H2,1H3. The van der Waals surface area contributed by atoms with Gasteiger partial charge in [-0.25, -0.2) is 14.4 Å². The fourth-order valence-corrected chi connectivity index (χ4v) is 0.747. The maximum atomic E-state index is 12.8. The summed E-state index contributed by atoms with van der Waals surface area (Å²) in [5.41, 5.74) is 0. The van der Waals surface area contributed by atoms with Crippen LogP contribution in [0.5, 0.6) is 6.01 Å². The quantitative estimate of drug-likeness (QED) is 0.692. The van der Waals surface area contributed by atoms with Gasteiger partial charge in [-0.15, -0.1) is 0 Å². The van der Waals surface area contributed by atoms with Gasteiger partial charge in [-0.05, 0) is 12.5 Å². The van der Waals surface area contributed by atoms with Crippen molar-refractivity contribution in [3.63, 3.8) is 0 Å². The summed E-state index contributed by atoms with van der Waals surface area (Å²) in [6.45, 7) is 1.89. The van der Waals surface area contributed by atoms with E-state index in [9.17, 15) is 4.39 Å². The van der Waals surface area contributed by atoms with Crippen LogP contribution in [0.3, 0.4) is 0 Å². The molecule has 1 aromatic rings. The minimum Gasteiger partial charge on any atom is -0.429 e. The molecule has 0 saturated heterocycles. The van der Waals surface area contributed by atoms with Gasteiger partial charge < -0.3 is 4.74 Å². The van der Waals surface area contributed by atoms with Crippen molar-refractivity contribution in [2.24, 2.45) is 0 Å². The molecule has 0 aliphatic carbocycles. The van der Waals surface area contributed by atoms with E-state index >= 15 is 0 Å². The lowest BCUT2D eigenvalue weighted by Crippen LogP contribution is -2.10. The van der Waals surface area contributed by atoms with Crippen molar-refractivity contribution >= 4 is 0 Å². The molecule has 0 radical (unpaired) electrons. The maximum absolute atomic E-state index is 12.8. The second-order valence-electron chi connectivity index (χ2n) is 2.35. The summed E-state index contributed by atoms with van der Waals surface area (Å²) < 4.78 is 17.6. The molecule has 0 aliphatic heterocycles. The third-order valence-corrected chi connectivity index (χ3v) is 1.29. The van der Waals surface area contributed by atoms with E-state index in [2.05, 4.69) is 9.97 Å². The van der Waals surface area contributed by atoms with Gasteiger partial charge in [-0.2, -0.15) is 0 Å². The van der Waals surface area contributed by atoms with E-state index in [1.165, 1.54) is 12.4 Å². The Hall–Kier alpha value is -1.19. The molecule has 0 bridgehead atoms. The summed E-state index contributed by atoms with van der Waals surface area (Å²) in [5, 5.41) is 0. The molecular weight excluding hydrogens is 159 g/mol. The molecule has 0 N–H and O–H groups in total. The van der Waals surface area contributed by atoms with Crippen LogP contribution in [-0.2, 0) is 0 Å². The molecule has 0 fully saturated rings. The van der Waals surface area contributed by atoms with Gasteiger partial charge in [0.05, 0.1) is 0 Å². The Balaban J connectivity index is 2.41. The molecule has 0 aliphatic rings. The molecule has 0 spiro atoms. The molecule has 0 aromatic carbocycles. The van der Waals surface area contributed by atoms with Crippen molar-refractivity contribution in [2.45, 2.75) is 26.1 Å². The molecule has 66 valence electrons. The van der Waals surface area contributed by atoms with E-state index in [1.54, 1.807) is 6.07 Å². The van der Waals surface area contributed by atoms with Crippen LogP contribution in [0.2, 0.25) is 0 Å². The number of nitrogens with zero attached hydrogens (tertiary/aromatic N) is 2. The summed E-state index contributed by atoms with van der Waals surface area (Å²) in [5.74, 6) is 0. The Kier molecular flexibility index (Phi) is 3.44. The number of ether oxygens (including phenoxy) is 1. The molecular formula is C8H11FN2O. The highest BCUT2D eigenvalue weighted by atomic mass is 19.1. The number of hydrogen-bond donors (Lipinski definition) is 0. The highest BCUT2D eigenvalue weighted by Crippen LogP contribution is 2.07. The highest BCUT2D eigenvalue weighted by Gasteiger charge is 2.06. The summed E-state index contributed by atoms with van der Waals surface area (Å²) in [4.78, 5) is 7.46. The van der Waals surface area contributed by atoms with Crippen molar-refractivity contribution in [3.05, 3.63) is 18.5 Å². The average molecular weight is 170 g/mol. The lowest BCUT2D eigenvalue weighted by Gasteiger charge is -2.06. The Morgan fingerprint density at radius 3 is 2.75 bits per heavy atom. The van der Waals surface area contributed by atoms with Gasteiger partial charge in [0.15, 0.2) is 0 Å². The predicted molar refractivity (Wildman–Crippen MR) is 42.5 cm³/mol. The summed E-state index contributed by atoms with van der Waals surface area (Å²) in [7, 11) is 0. The van der Waals surface area contributed by atoms with Gasteiger partial charge in [-0.1, -0.05) is 6.92 Å². The zero-order valence-corrected chi connectivity index (χ0v) is 6.90. The first-order valence-electron chi connectivity index (χ1n) is 3.90. The highest BCUT2D eigenvalue weighted by molar-refractivity contribution is 4.93. The minimum atomic E-state index is -1.29. The number of halogens is 1. The Labute approximate surface area is 70.6 Å². The van der Waals surface area contributed by atoms with Crippen LogP contribution in [-0.4, -0.2) is 16.3 Å². The van der Waals surface area contributed by atoms with Crippen LogP contribution in [0.4, 0.5) is 4.39 Å². The molecule has 1 atom stereocenters. The van der Waals surface area contributed by atoms with Crippen LogP contribution in [0, 0.1) is 0 Å². The summed E-state index contributed by atoms with van der Waals surface area (Å²) in [6.07, 6.45) is 2.85. The fourth-order valence-electron chi connectivity index (χ4n) is 0.747. The molecule has 1 aromatic heterocycles. The smallest absolute Gasteiger partial charge is 0.318 e. The van der Waals surface area contributed by atoms with Crippen LogP contribution >= 0.6 is 0 Å². The summed E-state index contributed by atoms with van der Waals surface area (Å²) in [6, 6.07) is 1.75. The van der Waals surface area contributed by atoms with Crippen molar-refractivity contribution in [2.75, 3.05) is 0 Å². The molecule has 3 nitrogen and oxygen atoms in total. The van der Waals surface area contributed by atoms with E-state index in [0.29, 0.717) is 6.42 Å². The SMILES string of the molecule is CCCC(F)Oc1ncccn1. The molecule has 1 heterocycles. The first-order valence-corrected chi connectivity index (χ1v) is 3.90. The first kappa shape index (κ1) is 8.90. The molecule has 4 heteroatoms. The monoisotopic (exact) mass is 170 g/mol. The van der Waals surface area contributed by atoms with Crippen molar-refractivity contribution in [1.82, 2.24) is 9.97 Å². The number of alkyl halides is 1. The Bertz CT molecular complexity index is 218. The zero-order valence-electron chi connectivity index (χ0n) is 6.90. The van der Waals surface area contributed by atoms with E-state index in [1.807, 2.05) is 6.92 Å². The molecule has 12 heavy (non-hydrogen) atoms.